The van der Waals surface area contributed by atoms with Gasteiger partial charge in [-0.3, -0.25) is 0 Å². The molecule has 5 heteroatoms. The average Bonchev–Trinajstić information content (AvgIpc) is 3.11. The molecule has 27 heavy (non-hydrogen) atoms. The maximum Gasteiger partial charge on any atom is 0.143 e. The zero-order chi connectivity index (χ0) is 18.8. The van der Waals surface area contributed by atoms with Gasteiger partial charge in [-0.05, 0) is 49.6 Å². The van der Waals surface area contributed by atoms with E-state index in [1.54, 1.807) is 17.7 Å². The van der Waals surface area contributed by atoms with Gasteiger partial charge in [0.2, 0.25) is 0 Å². The molecule has 2 aromatic carbocycles. The minimum Gasteiger partial charge on any atom is -0.492 e. The van der Waals surface area contributed by atoms with E-state index in [4.69, 9.17) is 4.74 Å². The van der Waals surface area contributed by atoms with Crippen molar-refractivity contribution in [3.63, 3.8) is 0 Å². The number of aryl methyl sites for hydroxylation is 2. The number of para-hydroxylation sites is 2. The van der Waals surface area contributed by atoms with Gasteiger partial charge in [0.05, 0.1) is 17.7 Å². The van der Waals surface area contributed by atoms with Crippen LogP contribution in [0, 0.1) is 13.8 Å². The predicted molar refractivity (Wildman–Crippen MR) is 113 cm³/mol. The first-order chi connectivity index (χ1) is 13.2. The van der Waals surface area contributed by atoms with Gasteiger partial charge < -0.3 is 10.1 Å². The molecular weight excluding hydrogens is 354 g/mol. The fraction of sp³-hybridized carbons (Fsp3) is 0.182. The second-order valence-electron chi connectivity index (χ2n) is 6.41. The molecular formula is C22H21N3OS. The van der Waals surface area contributed by atoms with Crippen molar-refractivity contribution in [1.82, 2.24) is 9.97 Å². The summed E-state index contributed by atoms with van der Waals surface area (Å²) < 4.78 is 5.74. The topological polar surface area (TPSA) is 47.0 Å². The molecule has 0 bridgehead atoms. The Bertz CT molecular complexity index is 1100. The highest BCUT2D eigenvalue weighted by Gasteiger charge is 2.15. The molecule has 0 spiro atoms. The van der Waals surface area contributed by atoms with E-state index in [0.717, 1.165) is 33.0 Å². The van der Waals surface area contributed by atoms with Crippen molar-refractivity contribution in [2.75, 3.05) is 11.9 Å². The van der Waals surface area contributed by atoms with Crippen LogP contribution in [-0.2, 0) is 0 Å². The summed E-state index contributed by atoms with van der Waals surface area (Å²) in [5.41, 5.74) is 5.80. The molecule has 0 aliphatic heterocycles. The van der Waals surface area contributed by atoms with Crippen LogP contribution in [0.25, 0.3) is 21.3 Å². The number of ether oxygens (including phenoxy) is 1. The zero-order valence-electron chi connectivity index (χ0n) is 15.6. The summed E-state index contributed by atoms with van der Waals surface area (Å²) in [6.07, 6.45) is 1.61. The number of benzene rings is 2. The lowest BCUT2D eigenvalue weighted by Gasteiger charge is -2.13. The molecule has 4 rings (SSSR count). The summed E-state index contributed by atoms with van der Waals surface area (Å²) in [5.74, 6) is 1.61. The Morgan fingerprint density at radius 3 is 2.70 bits per heavy atom. The number of hydrogen-bond donors (Lipinski definition) is 1. The number of rotatable bonds is 5. The van der Waals surface area contributed by atoms with E-state index in [0.29, 0.717) is 6.61 Å². The smallest absolute Gasteiger partial charge is 0.143 e. The third kappa shape index (κ3) is 3.38. The van der Waals surface area contributed by atoms with Gasteiger partial charge in [-0.2, -0.15) is 0 Å². The predicted octanol–water partition coefficient (Wildman–Crippen LogP) is 6.12. The zero-order valence-corrected chi connectivity index (χ0v) is 16.4. The number of nitrogens with one attached hydrogen (secondary N) is 1. The number of anilines is 2. The molecule has 0 aliphatic carbocycles. The van der Waals surface area contributed by atoms with Gasteiger partial charge in [0.15, 0.2) is 0 Å². The Labute approximate surface area is 162 Å². The number of fused-ring (bicyclic) bond motifs is 1. The van der Waals surface area contributed by atoms with Crippen LogP contribution in [0.3, 0.4) is 0 Å². The Morgan fingerprint density at radius 1 is 1.04 bits per heavy atom. The molecule has 136 valence electrons. The molecule has 4 aromatic rings. The molecule has 0 radical (unpaired) electrons. The van der Waals surface area contributed by atoms with Crippen molar-refractivity contribution in [3.05, 3.63) is 65.3 Å². The van der Waals surface area contributed by atoms with Crippen molar-refractivity contribution in [2.45, 2.75) is 20.8 Å². The third-order valence-electron chi connectivity index (χ3n) is 4.63. The molecule has 0 saturated heterocycles. The Morgan fingerprint density at radius 2 is 1.89 bits per heavy atom. The fourth-order valence-electron chi connectivity index (χ4n) is 3.07. The SMILES string of the molecule is CCOc1ccccc1Nc1ncnc2scc(-c3ccc(C)c(C)c3)c12. The highest BCUT2D eigenvalue weighted by atomic mass is 32.1. The summed E-state index contributed by atoms with van der Waals surface area (Å²) in [6.45, 7) is 6.87. The van der Waals surface area contributed by atoms with Crippen molar-refractivity contribution < 1.29 is 4.74 Å². The number of nitrogens with zero attached hydrogens (tertiary/aromatic N) is 2. The molecule has 2 heterocycles. The van der Waals surface area contributed by atoms with Gasteiger partial charge in [0.1, 0.15) is 22.7 Å². The molecule has 0 fully saturated rings. The van der Waals surface area contributed by atoms with Crippen LogP contribution < -0.4 is 10.1 Å². The Kier molecular flexibility index (Phi) is 4.77. The van der Waals surface area contributed by atoms with Crippen LogP contribution >= 0.6 is 11.3 Å². The maximum absolute atomic E-state index is 5.74. The number of hydrogen-bond acceptors (Lipinski definition) is 5. The highest BCUT2D eigenvalue weighted by Crippen LogP contribution is 2.39. The lowest BCUT2D eigenvalue weighted by atomic mass is 10.0. The van der Waals surface area contributed by atoms with E-state index < -0.39 is 0 Å². The molecule has 0 unspecified atom stereocenters. The van der Waals surface area contributed by atoms with Gasteiger partial charge in [-0.1, -0.05) is 30.3 Å². The highest BCUT2D eigenvalue weighted by molar-refractivity contribution is 7.17. The third-order valence-corrected chi connectivity index (χ3v) is 5.51. The molecule has 0 atom stereocenters. The average molecular weight is 375 g/mol. The lowest BCUT2D eigenvalue weighted by Crippen LogP contribution is -2.00. The van der Waals surface area contributed by atoms with Crippen LogP contribution in [0.5, 0.6) is 5.75 Å². The summed E-state index contributed by atoms with van der Waals surface area (Å²) in [5, 5.41) is 6.65. The maximum atomic E-state index is 5.74. The monoisotopic (exact) mass is 375 g/mol. The van der Waals surface area contributed by atoms with E-state index in [-0.39, 0.29) is 0 Å². The van der Waals surface area contributed by atoms with E-state index in [9.17, 15) is 0 Å². The van der Waals surface area contributed by atoms with Crippen molar-refractivity contribution in [2.24, 2.45) is 0 Å². The first-order valence-corrected chi connectivity index (χ1v) is 9.84. The largest absolute Gasteiger partial charge is 0.492 e. The van der Waals surface area contributed by atoms with Crippen molar-refractivity contribution in [3.8, 4) is 16.9 Å². The van der Waals surface area contributed by atoms with Gasteiger partial charge in [0.25, 0.3) is 0 Å². The van der Waals surface area contributed by atoms with E-state index >= 15 is 0 Å². The molecule has 0 saturated carbocycles. The van der Waals surface area contributed by atoms with E-state index in [2.05, 4.69) is 52.7 Å². The van der Waals surface area contributed by atoms with Crippen molar-refractivity contribution in [1.29, 1.82) is 0 Å². The van der Waals surface area contributed by atoms with Crippen molar-refractivity contribution >= 4 is 33.1 Å². The minimum atomic E-state index is 0.615. The van der Waals surface area contributed by atoms with Gasteiger partial charge >= 0.3 is 0 Å². The lowest BCUT2D eigenvalue weighted by molar-refractivity contribution is 0.342. The summed E-state index contributed by atoms with van der Waals surface area (Å²) in [6, 6.07) is 14.5. The fourth-order valence-corrected chi connectivity index (χ4v) is 3.99. The first kappa shape index (κ1) is 17.5. The van der Waals surface area contributed by atoms with E-state index in [1.165, 1.54) is 16.7 Å². The normalized spacial score (nSPS) is 10.9. The molecule has 1 N–H and O–H groups in total. The minimum absolute atomic E-state index is 0.615. The Balaban J connectivity index is 1.83. The van der Waals surface area contributed by atoms with Gasteiger partial charge in [-0.15, -0.1) is 11.3 Å². The second kappa shape index (κ2) is 7.37. The molecule has 0 amide bonds. The van der Waals surface area contributed by atoms with Crippen LogP contribution in [0.1, 0.15) is 18.1 Å². The standard InChI is InChI=1S/C22H21N3OS/c1-4-26-19-8-6-5-7-18(19)25-21-20-17(12-27-22(20)24-13-23-21)16-10-9-14(2)15(3)11-16/h5-13H,4H2,1-3H3,(H,23,24,25). The van der Waals surface area contributed by atoms with Crippen LogP contribution in [0.4, 0.5) is 11.5 Å². The molecule has 2 aromatic heterocycles. The van der Waals surface area contributed by atoms with Crippen LogP contribution in [-0.4, -0.2) is 16.6 Å². The van der Waals surface area contributed by atoms with Crippen LogP contribution in [0.15, 0.2) is 54.2 Å². The number of thiophene rings is 1. The number of aromatic nitrogens is 2. The summed E-state index contributed by atoms with van der Waals surface area (Å²) >= 11 is 1.64. The van der Waals surface area contributed by atoms with Gasteiger partial charge in [0, 0.05) is 10.9 Å². The summed E-state index contributed by atoms with van der Waals surface area (Å²) in [7, 11) is 0. The van der Waals surface area contributed by atoms with Gasteiger partial charge in [-0.25, -0.2) is 9.97 Å². The first-order valence-electron chi connectivity index (χ1n) is 8.96. The quantitative estimate of drug-likeness (QED) is 0.457. The van der Waals surface area contributed by atoms with Crippen LogP contribution in [0.2, 0.25) is 0 Å². The second-order valence-corrected chi connectivity index (χ2v) is 7.26. The molecule has 4 nitrogen and oxygen atoms in total. The Hall–Kier alpha value is -2.92. The van der Waals surface area contributed by atoms with E-state index in [1.807, 2.05) is 31.2 Å². The summed E-state index contributed by atoms with van der Waals surface area (Å²) in [4.78, 5) is 9.96. The molecule has 0 aliphatic rings.